The van der Waals surface area contributed by atoms with Crippen molar-refractivity contribution in [2.45, 2.75) is 271 Å². The van der Waals surface area contributed by atoms with Crippen molar-refractivity contribution in [1.82, 2.24) is 0 Å². The Morgan fingerprint density at radius 2 is 0.506 bits per heavy atom. The van der Waals surface area contributed by atoms with E-state index in [2.05, 4.69) is 179 Å². The summed E-state index contributed by atoms with van der Waals surface area (Å²) in [5, 5.41) is 0. The van der Waals surface area contributed by atoms with Gasteiger partial charge in [-0.3, -0.25) is 14.4 Å². The van der Waals surface area contributed by atoms with Crippen molar-refractivity contribution in [2.75, 3.05) is 13.2 Å². The molecule has 79 heavy (non-hydrogen) atoms. The first-order valence-electron chi connectivity index (χ1n) is 32.0. The Labute approximate surface area is 486 Å². The molecule has 0 spiro atoms. The number of carbonyl (C=O) groups is 3. The monoisotopic (exact) mass is 1090 g/mol. The molecule has 444 valence electrons. The number of rotatable bonds is 56. The number of unbranched alkanes of at least 4 members (excludes halogenated alkanes) is 19. The maximum absolute atomic E-state index is 12.9. The van der Waals surface area contributed by atoms with Crippen molar-refractivity contribution >= 4 is 17.9 Å². The Hall–Kier alpha value is -4.97. The molecule has 1 atom stereocenters. The molecule has 0 aliphatic heterocycles. The van der Waals surface area contributed by atoms with Gasteiger partial charge in [-0.25, -0.2) is 0 Å². The third-order valence-corrected chi connectivity index (χ3v) is 13.0. The molecular formula is C73H116O6. The van der Waals surface area contributed by atoms with Crippen LogP contribution in [-0.2, 0) is 28.6 Å². The summed E-state index contributed by atoms with van der Waals surface area (Å²) in [6.07, 6.45) is 95.3. The normalized spacial score (nSPS) is 13.2. The smallest absolute Gasteiger partial charge is 0.306 e. The minimum absolute atomic E-state index is 0.113. The Morgan fingerprint density at radius 3 is 0.823 bits per heavy atom. The van der Waals surface area contributed by atoms with Gasteiger partial charge in [-0.2, -0.15) is 0 Å². The molecule has 0 rings (SSSR count). The van der Waals surface area contributed by atoms with Gasteiger partial charge in [-0.05, 0) is 141 Å². The van der Waals surface area contributed by atoms with Gasteiger partial charge in [-0.1, -0.05) is 262 Å². The van der Waals surface area contributed by atoms with Crippen LogP contribution in [0.2, 0.25) is 0 Å². The van der Waals surface area contributed by atoms with Gasteiger partial charge < -0.3 is 14.2 Å². The zero-order valence-corrected chi connectivity index (χ0v) is 50.8. The topological polar surface area (TPSA) is 78.9 Å². The summed E-state index contributed by atoms with van der Waals surface area (Å²) in [5.41, 5.74) is 0. The molecule has 0 saturated heterocycles. The molecule has 0 aromatic rings. The fourth-order valence-corrected chi connectivity index (χ4v) is 8.28. The third kappa shape index (κ3) is 63.7. The van der Waals surface area contributed by atoms with Gasteiger partial charge in [0, 0.05) is 19.3 Å². The van der Waals surface area contributed by atoms with E-state index in [1.807, 2.05) is 0 Å². The maximum Gasteiger partial charge on any atom is 0.306 e. The molecule has 0 amide bonds. The maximum atomic E-state index is 12.9. The average molecular weight is 1090 g/mol. The molecule has 0 radical (unpaired) electrons. The summed E-state index contributed by atoms with van der Waals surface area (Å²) in [5.74, 6) is -0.990. The summed E-state index contributed by atoms with van der Waals surface area (Å²) >= 11 is 0. The molecule has 1 unspecified atom stereocenters. The quantitative estimate of drug-likeness (QED) is 0.0261. The molecule has 0 aromatic carbocycles. The highest BCUT2D eigenvalue weighted by Gasteiger charge is 2.19. The van der Waals surface area contributed by atoms with E-state index < -0.39 is 6.10 Å². The average Bonchev–Trinajstić information content (AvgIpc) is 3.45. The molecule has 0 aliphatic rings. The van der Waals surface area contributed by atoms with E-state index in [9.17, 15) is 14.4 Å². The van der Waals surface area contributed by atoms with Gasteiger partial charge in [0.1, 0.15) is 13.2 Å². The molecule has 0 bridgehead atoms. The van der Waals surface area contributed by atoms with Crippen LogP contribution in [0.4, 0.5) is 0 Å². The van der Waals surface area contributed by atoms with Crippen molar-refractivity contribution in [1.29, 1.82) is 0 Å². The Kier molecular flexibility index (Phi) is 61.4. The Balaban J connectivity index is 4.47. The van der Waals surface area contributed by atoms with Crippen molar-refractivity contribution in [2.24, 2.45) is 0 Å². The van der Waals surface area contributed by atoms with Crippen molar-refractivity contribution < 1.29 is 28.6 Å². The molecule has 0 saturated carbocycles. The highest BCUT2D eigenvalue weighted by atomic mass is 16.6. The van der Waals surface area contributed by atoms with Gasteiger partial charge in [0.2, 0.25) is 0 Å². The number of allylic oxidation sites excluding steroid dienone is 26. The summed E-state index contributed by atoms with van der Waals surface area (Å²) < 4.78 is 16.9. The van der Waals surface area contributed by atoms with E-state index >= 15 is 0 Å². The minimum atomic E-state index is -0.823. The molecule has 0 heterocycles. The van der Waals surface area contributed by atoms with E-state index in [-0.39, 0.29) is 37.5 Å². The summed E-state index contributed by atoms with van der Waals surface area (Å²) in [6, 6.07) is 0. The van der Waals surface area contributed by atoms with Gasteiger partial charge in [0.05, 0.1) is 0 Å². The van der Waals surface area contributed by atoms with Crippen LogP contribution < -0.4 is 0 Å². The minimum Gasteiger partial charge on any atom is -0.462 e. The lowest BCUT2D eigenvalue weighted by Crippen LogP contribution is -2.30. The second kappa shape index (κ2) is 65.5. The zero-order chi connectivity index (χ0) is 57.1. The Morgan fingerprint density at radius 1 is 0.266 bits per heavy atom. The molecule has 6 nitrogen and oxygen atoms in total. The largest absolute Gasteiger partial charge is 0.462 e. The van der Waals surface area contributed by atoms with E-state index in [4.69, 9.17) is 14.2 Å². The van der Waals surface area contributed by atoms with E-state index in [0.717, 1.165) is 141 Å². The third-order valence-electron chi connectivity index (χ3n) is 13.0. The van der Waals surface area contributed by atoms with Crippen LogP contribution in [0.1, 0.15) is 265 Å². The van der Waals surface area contributed by atoms with E-state index in [1.165, 1.54) is 77.0 Å². The van der Waals surface area contributed by atoms with Crippen LogP contribution in [0.15, 0.2) is 158 Å². The predicted molar refractivity (Wildman–Crippen MR) is 343 cm³/mol. The van der Waals surface area contributed by atoms with Gasteiger partial charge >= 0.3 is 17.9 Å². The fourth-order valence-electron chi connectivity index (χ4n) is 8.28. The SMILES string of the molecule is CC/C=C\C/C=C\C/C=C\C/C=C\C/C=C\C/C=C\C/C=C\CCCC(=O)OC(COC(=O)CCCCCCC/C=C\CCCCCC)COC(=O)CCCCCCCCCCC/C=C\C/C=C\C/C=C\C/C=C\C/C=C\CC. The van der Waals surface area contributed by atoms with Crippen LogP contribution in [-0.4, -0.2) is 37.2 Å². The molecule has 6 heteroatoms. The molecule has 0 aliphatic carbocycles. The number of hydrogen-bond donors (Lipinski definition) is 0. The summed E-state index contributed by atoms with van der Waals surface area (Å²) in [7, 11) is 0. The summed E-state index contributed by atoms with van der Waals surface area (Å²) in [6.45, 7) is 6.34. The van der Waals surface area contributed by atoms with Crippen LogP contribution in [0.25, 0.3) is 0 Å². The van der Waals surface area contributed by atoms with Gasteiger partial charge in [0.15, 0.2) is 6.10 Å². The highest BCUT2D eigenvalue weighted by molar-refractivity contribution is 5.71. The number of esters is 3. The number of carbonyl (C=O) groups excluding carboxylic acids is 3. The van der Waals surface area contributed by atoms with Crippen LogP contribution >= 0.6 is 0 Å². The standard InChI is InChI=1S/C73H116O6/c1-4-7-10-13-16-19-22-25-27-29-31-33-35-36-38-39-41-43-45-48-51-54-57-60-63-66-72(75)78-69-70(68-77-71(74)65-62-59-56-53-50-47-24-21-18-15-12-9-6-3)79-73(76)67-64-61-58-55-52-49-46-44-42-40-37-34-32-30-28-26-23-20-17-14-11-8-5-2/h7-8,10-11,16-17,19-21,24-28,31-34,36,38,40,42,46,49,55,58,70H,4-6,9,12-15,18,22-23,29-30,35,37,39,41,43-45,47-48,50-54,56-57,59-69H2,1-3H3/b10-7-,11-8-,19-16-,20-17-,24-21-,27-25-,28-26-,33-31-,34-32-,38-36-,42-40-,49-46-,58-55-. The lowest BCUT2D eigenvalue weighted by Gasteiger charge is -2.18. The second-order valence-corrected chi connectivity index (χ2v) is 20.5. The lowest BCUT2D eigenvalue weighted by atomic mass is 10.1. The van der Waals surface area contributed by atoms with Crippen LogP contribution in [0, 0.1) is 0 Å². The molecule has 0 N–H and O–H groups in total. The van der Waals surface area contributed by atoms with E-state index in [0.29, 0.717) is 19.3 Å². The molecular weight excluding hydrogens is 973 g/mol. The zero-order valence-electron chi connectivity index (χ0n) is 50.8. The van der Waals surface area contributed by atoms with Crippen LogP contribution in [0.3, 0.4) is 0 Å². The lowest BCUT2D eigenvalue weighted by molar-refractivity contribution is -0.167. The first kappa shape index (κ1) is 74.0. The Bertz CT molecular complexity index is 1780. The van der Waals surface area contributed by atoms with Crippen molar-refractivity contribution in [3.8, 4) is 0 Å². The first-order chi connectivity index (χ1) is 39.0. The fraction of sp³-hybridized carbons (Fsp3) is 0.603. The highest BCUT2D eigenvalue weighted by Crippen LogP contribution is 2.14. The van der Waals surface area contributed by atoms with Crippen LogP contribution in [0.5, 0.6) is 0 Å². The van der Waals surface area contributed by atoms with Crippen molar-refractivity contribution in [3.05, 3.63) is 158 Å². The predicted octanol–water partition coefficient (Wildman–Crippen LogP) is 22.1. The number of ether oxygens (including phenoxy) is 3. The number of hydrogen-bond acceptors (Lipinski definition) is 6. The summed E-state index contributed by atoms with van der Waals surface area (Å²) in [4.78, 5) is 38.3. The molecule has 0 fully saturated rings. The van der Waals surface area contributed by atoms with E-state index in [1.54, 1.807) is 0 Å². The molecule has 0 aromatic heterocycles. The van der Waals surface area contributed by atoms with Gasteiger partial charge in [0.25, 0.3) is 0 Å². The van der Waals surface area contributed by atoms with Gasteiger partial charge in [-0.15, -0.1) is 0 Å². The van der Waals surface area contributed by atoms with Crippen molar-refractivity contribution in [3.63, 3.8) is 0 Å². The second-order valence-electron chi connectivity index (χ2n) is 20.5. The first-order valence-corrected chi connectivity index (χ1v) is 32.0.